The molecule has 0 aromatic heterocycles. The Hall–Kier alpha value is -4.03. The van der Waals surface area contributed by atoms with Crippen LogP contribution in [0.25, 0.3) is 0 Å². The highest BCUT2D eigenvalue weighted by Crippen LogP contribution is 2.53. The van der Waals surface area contributed by atoms with Gasteiger partial charge >= 0.3 is 6.09 Å². The minimum absolute atomic E-state index is 0.0445. The Morgan fingerprint density at radius 2 is 1.53 bits per heavy atom. The van der Waals surface area contributed by atoms with Crippen LogP contribution in [0.3, 0.4) is 0 Å². The van der Waals surface area contributed by atoms with Gasteiger partial charge in [0.25, 0.3) is 5.91 Å². The first-order valence-corrected chi connectivity index (χ1v) is 11.8. The smallest absolute Gasteiger partial charge is 0.421 e. The number of carbonyl (C=O) groups is 4. The quantitative estimate of drug-likeness (QED) is 0.437. The zero-order chi connectivity index (χ0) is 25.8. The van der Waals surface area contributed by atoms with Crippen molar-refractivity contribution in [3.8, 4) is 0 Å². The number of hydrogen-bond acceptors (Lipinski definition) is 5. The number of nitrogens with zero attached hydrogens (tertiary/aromatic N) is 1. The zero-order valence-electron chi connectivity index (χ0n) is 19.9. The highest BCUT2D eigenvalue weighted by molar-refractivity contribution is 6.34. The number of hydrogen-bond donors (Lipinski definition) is 0. The number of anilines is 1. The van der Waals surface area contributed by atoms with E-state index in [4.69, 9.17) is 16.3 Å². The van der Waals surface area contributed by atoms with Crippen LogP contribution in [0, 0.1) is 0 Å². The maximum absolute atomic E-state index is 14.5. The molecule has 0 radical (unpaired) electrons. The normalized spacial score (nSPS) is 19.1. The predicted octanol–water partition coefficient (Wildman–Crippen LogP) is 5.91. The molecule has 36 heavy (non-hydrogen) atoms. The number of ketones is 2. The number of Topliss-reactive ketones (excluding diaryl/α,β-unsaturated/α-hetero) is 1. The van der Waals surface area contributed by atoms with Gasteiger partial charge in [0.15, 0.2) is 11.6 Å². The standard InChI is InChI=1S/C29H22ClNO5/c1-28(2,3)36-27(35)31-23-14-13-18(30)15-21(23)29(26(31)34,17-9-5-4-6-10-17)22-16-24(32)19-11-7-8-12-20(19)25(22)33/h4-16H,1-3H3/t29-/m1/s1. The van der Waals surface area contributed by atoms with E-state index >= 15 is 0 Å². The van der Waals surface area contributed by atoms with Gasteiger partial charge in [0.2, 0.25) is 0 Å². The maximum Gasteiger partial charge on any atom is 0.421 e. The van der Waals surface area contributed by atoms with E-state index in [1.807, 2.05) is 0 Å². The molecule has 0 unspecified atom stereocenters. The van der Waals surface area contributed by atoms with Crippen LogP contribution in [0.5, 0.6) is 0 Å². The Morgan fingerprint density at radius 3 is 2.19 bits per heavy atom. The number of rotatable bonds is 2. The van der Waals surface area contributed by atoms with Crippen molar-refractivity contribution >= 4 is 40.9 Å². The molecule has 6 nitrogen and oxygen atoms in total. The third-order valence-electron chi connectivity index (χ3n) is 6.27. The second kappa shape index (κ2) is 8.28. The molecule has 3 aromatic rings. The van der Waals surface area contributed by atoms with Crippen molar-refractivity contribution in [3.05, 3.63) is 112 Å². The van der Waals surface area contributed by atoms with Crippen molar-refractivity contribution in [2.75, 3.05) is 4.90 Å². The third-order valence-corrected chi connectivity index (χ3v) is 6.51. The first kappa shape index (κ1) is 23.7. The van der Waals surface area contributed by atoms with Crippen LogP contribution >= 0.6 is 11.6 Å². The molecule has 0 spiro atoms. The molecule has 5 rings (SSSR count). The van der Waals surface area contributed by atoms with Crippen molar-refractivity contribution in [3.63, 3.8) is 0 Å². The van der Waals surface area contributed by atoms with Gasteiger partial charge < -0.3 is 4.74 Å². The number of imide groups is 1. The average Bonchev–Trinajstić information content (AvgIpc) is 3.09. The Balaban J connectivity index is 1.84. The van der Waals surface area contributed by atoms with E-state index in [2.05, 4.69) is 0 Å². The summed E-state index contributed by atoms with van der Waals surface area (Å²) in [7, 11) is 0. The van der Waals surface area contributed by atoms with E-state index in [0.717, 1.165) is 4.90 Å². The monoisotopic (exact) mass is 499 g/mol. The molecule has 1 aliphatic heterocycles. The number of allylic oxidation sites excluding steroid dienone is 1. The van der Waals surface area contributed by atoms with Gasteiger partial charge in [0.05, 0.1) is 5.69 Å². The molecule has 1 heterocycles. The number of ether oxygens (including phenoxy) is 1. The van der Waals surface area contributed by atoms with Crippen LogP contribution in [-0.2, 0) is 14.9 Å². The lowest BCUT2D eigenvalue weighted by Crippen LogP contribution is -2.48. The fraction of sp³-hybridized carbons (Fsp3) is 0.172. The number of halogens is 1. The Kier molecular flexibility index (Phi) is 5.45. The topological polar surface area (TPSA) is 80.8 Å². The molecular formula is C29H22ClNO5. The summed E-state index contributed by atoms with van der Waals surface area (Å²) in [5.41, 5.74) is -1.27. The number of carbonyl (C=O) groups excluding carboxylic acids is 4. The molecule has 7 heteroatoms. The number of fused-ring (bicyclic) bond motifs is 2. The Morgan fingerprint density at radius 1 is 0.889 bits per heavy atom. The fourth-order valence-corrected chi connectivity index (χ4v) is 5.03. The second-order valence-corrected chi connectivity index (χ2v) is 10.1. The van der Waals surface area contributed by atoms with Gasteiger partial charge in [-0.3, -0.25) is 14.4 Å². The van der Waals surface area contributed by atoms with E-state index in [1.165, 1.54) is 6.08 Å². The molecule has 0 bridgehead atoms. The van der Waals surface area contributed by atoms with E-state index in [-0.39, 0.29) is 22.4 Å². The van der Waals surface area contributed by atoms with Crippen molar-refractivity contribution in [2.24, 2.45) is 0 Å². The van der Waals surface area contributed by atoms with E-state index in [1.54, 1.807) is 93.6 Å². The molecule has 180 valence electrons. The molecule has 0 fully saturated rings. The molecule has 2 amide bonds. The van der Waals surface area contributed by atoms with Gasteiger partial charge in [0.1, 0.15) is 11.0 Å². The number of benzene rings is 3. The van der Waals surface area contributed by atoms with Gasteiger partial charge in [0, 0.05) is 27.3 Å². The summed E-state index contributed by atoms with van der Waals surface area (Å²) < 4.78 is 5.56. The van der Waals surface area contributed by atoms with Crippen LogP contribution in [-0.4, -0.2) is 29.2 Å². The summed E-state index contributed by atoms with van der Waals surface area (Å²) in [6, 6.07) is 19.8. The summed E-state index contributed by atoms with van der Waals surface area (Å²) in [5, 5.41) is 0.309. The van der Waals surface area contributed by atoms with E-state index < -0.39 is 34.6 Å². The van der Waals surface area contributed by atoms with Gasteiger partial charge in [-0.15, -0.1) is 0 Å². The summed E-state index contributed by atoms with van der Waals surface area (Å²) in [6.07, 6.45) is 0.322. The molecule has 1 atom stereocenters. The van der Waals surface area contributed by atoms with E-state index in [9.17, 15) is 19.2 Å². The lowest BCUT2D eigenvalue weighted by molar-refractivity contribution is -0.120. The largest absolute Gasteiger partial charge is 0.443 e. The van der Waals surface area contributed by atoms with Gasteiger partial charge in [-0.05, 0) is 50.6 Å². The summed E-state index contributed by atoms with van der Waals surface area (Å²) >= 11 is 6.39. The molecule has 1 aliphatic carbocycles. The maximum atomic E-state index is 14.5. The van der Waals surface area contributed by atoms with Gasteiger partial charge in [-0.1, -0.05) is 66.2 Å². The van der Waals surface area contributed by atoms with Crippen LogP contribution in [0.15, 0.2) is 84.4 Å². The highest BCUT2D eigenvalue weighted by Gasteiger charge is 2.59. The van der Waals surface area contributed by atoms with Gasteiger partial charge in [-0.2, -0.15) is 0 Å². The van der Waals surface area contributed by atoms with Crippen LogP contribution in [0.1, 0.15) is 52.6 Å². The van der Waals surface area contributed by atoms with Crippen molar-refractivity contribution < 1.29 is 23.9 Å². The third kappa shape index (κ3) is 3.48. The van der Waals surface area contributed by atoms with Gasteiger partial charge in [-0.25, -0.2) is 9.69 Å². The lowest BCUT2D eigenvalue weighted by atomic mass is 9.65. The molecule has 3 aromatic carbocycles. The summed E-state index contributed by atoms with van der Waals surface area (Å²) in [4.78, 5) is 55.9. The Labute approximate surface area is 213 Å². The first-order valence-electron chi connectivity index (χ1n) is 11.4. The predicted molar refractivity (Wildman–Crippen MR) is 136 cm³/mol. The Bertz CT molecular complexity index is 1480. The lowest BCUT2D eigenvalue weighted by Gasteiger charge is -2.33. The number of amides is 2. The zero-order valence-corrected chi connectivity index (χ0v) is 20.6. The fourth-order valence-electron chi connectivity index (χ4n) is 4.86. The van der Waals surface area contributed by atoms with Crippen LogP contribution < -0.4 is 4.90 Å². The first-order chi connectivity index (χ1) is 17.1. The van der Waals surface area contributed by atoms with E-state index in [0.29, 0.717) is 16.1 Å². The average molecular weight is 500 g/mol. The second-order valence-electron chi connectivity index (χ2n) is 9.70. The van der Waals surface area contributed by atoms with Crippen molar-refractivity contribution in [2.45, 2.75) is 31.8 Å². The minimum Gasteiger partial charge on any atom is -0.443 e. The highest BCUT2D eigenvalue weighted by atomic mass is 35.5. The minimum atomic E-state index is -1.79. The SMILES string of the molecule is CC(C)(C)OC(=O)N1C(=O)[C@](C2=CC(=O)c3ccccc3C2=O)(c2ccccc2)c2cc(Cl)ccc21. The molecular weight excluding hydrogens is 478 g/mol. The molecule has 0 N–H and O–H groups in total. The molecule has 2 aliphatic rings. The van der Waals surface area contributed by atoms with Crippen molar-refractivity contribution in [1.82, 2.24) is 0 Å². The van der Waals surface area contributed by atoms with Crippen LogP contribution in [0.2, 0.25) is 5.02 Å². The summed E-state index contributed by atoms with van der Waals surface area (Å²) in [5.74, 6) is -1.59. The summed E-state index contributed by atoms with van der Waals surface area (Å²) in [6.45, 7) is 5.09. The molecule has 0 saturated carbocycles. The van der Waals surface area contributed by atoms with Crippen molar-refractivity contribution in [1.29, 1.82) is 0 Å². The molecule has 0 saturated heterocycles. The van der Waals surface area contributed by atoms with Crippen LogP contribution in [0.4, 0.5) is 10.5 Å².